The van der Waals surface area contributed by atoms with Gasteiger partial charge in [0.2, 0.25) is 15.9 Å². The Kier molecular flexibility index (Phi) is 6.43. The number of fused-ring (bicyclic) bond motifs is 1. The fourth-order valence-electron chi connectivity index (χ4n) is 3.76. The normalized spacial score (nSPS) is 16.2. The summed E-state index contributed by atoms with van der Waals surface area (Å²) in [4.78, 5) is 12.7. The number of sulfonamides is 1. The molecule has 1 N–H and O–H groups in total. The summed E-state index contributed by atoms with van der Waals surface area (Å²) in [5, 5.41) is 3.12. The zero-order chi connectivity index (χ0) is 20.3. The third kappa shape index (κ3) is 4.24. The van der Waals surface area contributed by atoms with Gasteiger partial charge >= 0.3 is 0 Å². The number of halogens is 1. The minimum Gasteiger partial charge on any atom is -0.325 e. The number of carbonyl (C=O) groups excluding carboxylic acids is 1. The van der Waals surface area contributed by atoms with Crippen LogP contribution < -0.4 is 5.32 Å². The van der Waals surface area contributed by atoms with Gasteiger partial charge in [0.1, 0.15) is 0 Å². The Morgan fingerprint density at radius 1 is 1.18 bits per heavy atom. The summed E-state index contributed by atoms with van der Waals surface area (Å²) in [6.07, 6.45) is 2.27. The van der Waals surface area contributed by atoms with Crippen molar-refractivity contribution in [3.8, 4) is 0 Å². The molecule has 0 radical (unpaired) electrons. The van der Waals surface area contributed by atoms with Crippen molar-refractivity contribution in [1.29, 1.82) is 0 Å². The summed E-state index contributed by atoms with van der Waals surface area (Å²) in [5.74, 6) is 0.0126. The van der Waals surface area contributed by atoms with Crippen LogP contribution in [0.25, 0.3) is 0 Å². The third-order valence-electron chi connectivity index (χ3n) is 5.24. The summed E-state index contributed by atoms with van der Waals surface area (Å²) in [6, 6.07) is 12.6. The predicted molar refractivity (Wildman–Crippen MR) is 112 cm³/mol. The summed E-state index contributed by atoms with van der Waals surface area (Å²) >= 11 is 6.21. The molecule has 2 aromatic carbocycles. The number of aryl methyl sites for hydroxylation is 1. The number of carbonyl (C=O) groups is 1. The van der Waals surface area contributed by atoms with E-state index in [4.69, 9.17) is 11.6 Å². The molecule has 7 heteroatoms. The highest BCUT2D eigenvalue weighted by Crippen LogP contribution is 2.36. The molecule has 0 saturated heterocycles. The lowest BCUT2D eigenvalue weighted by Gasteiger charge is -2.19. The summed E-state index contributed by atoms with van der Waals surface area (Å²) in [6.45, 7) is 4.34. The van der Waals surface area contributed by atoms with Crippen molar-refractivity contribution < 1.29 is 13.2 Å². The lowest BCUT2D eigenvalue weighted by Crippen LogP contribution is -2.30. The van der Waals surface area contributed by atoms with Crippen LogP contribution in [0.1, 0.15) is 43.7 Å². The number of anilines is 1. The summed E-state index contributed by atoms with van der Waals surface area (Å²) < 4.78 is 26.8. The molecule has 0 bridgehead atoms. The monoisotopic (exact) mass is 420 g/mol. The van der Waals surface area contributed by atoms with E-state index in [0.29, 0.717) is 30.2 Å². The van der Waals surface area contributed by atoms with Crippen molar-refractivity contribution in [2.75, 3.05) is 18.4 Å². The first kappa shape index (κ1) is 20.8. The van der Waals surface area contributed by atoms with Gasteiger partial charge in [-0.25, -0.2) is 8.42 Å². The maximum Gasteiger partial charge on any atom is 0.243 e. The Bertz CT molecular complexity index is 971. The van der Waals surface area contributed by atoms with E-state index in [1.807, 2.05) is 12.1 Å². The molecule has 0 spiro atoms. The Hall–Kier alpha value is -1.89. The summed E-state index contributed by atoms with van der Waals surface area (Å²) in [7, 11) is -3.62. The molecule has 28 heavy (non-hydrogen) atoms. The number of hydrogen-bond acceptors (Lipinski definition) is 3. The van der Waals surface area contributed by atoms with Gasteiger partial charge in [-0.05, 0) is 48.1 Å². The van der Waals surface area contributed by atoms with E-state index in [2.05, 4.69) is 17.4 Å². The van der Waals surface area contributed by atoms with Crippen LogP contribution in [-0.2, 0) is 21.2 Å². The van der Waals surface area contributed by atoms with Crippen molar-refractivity contribution in [2.45, 2.75) is 43.9 Å². The maximum atomic E-state index is 12.7. The molecule has 150 valence electrons. The minimum absolute atomic E-state index is 0.127. The van der Waals surface area contributed by atoms with E-state index < -0.39 is 10.0 Å². The molecule has 5 nitrogen and oxygen atoms in total. The molecule has 0 aromatic heterocycles. The van der Waals surface area contributed by atoms with Crippen LogP contribution in [0.2, 0.25) is 5.02 Å². The number of nitrogens with one attached hydrogen (secondary N) is 1. The number of nitrogens with zero attached hydrogens (tertiary/aromatic N) is 1. The van der Waals surface area contributed by atoms with Crippen LogP contribution in [-0.4, -0.2) is 31.7 Å². The maximum absolute atomic E-state index is 12.7. The molecule has 2 aromatic rings. The molecule has 3 rings (SSSR count). The Morgan fingerprint density at radius 3 is 2.61 bits per heavy atom. The molecule has 1 aliphatic rings. The molecule has 0 heterocycles. The van der Waals surface area contributed by atoms with Crippen LogP contribution in [0.5, 0.6) is 0 Å². The van der Waals surface area contributed by atoms with Gasteiger partial charge < -0.3 is 5.32 Å². The zero-order valence-electron chi connectivity index (χ0n) is 16.1. The van der Waals surface area contributed by atoms with Crippen molar-refractivity contribution in [1.82, 2.24) is 4.31 Å². The van der Waals surface area contributed by atoms with Crippen LogP contribution in [0.3, 0.4) is 0 Å². The van der Waals surface area contributed by atoms with Gasteiger partial charge in [0.25, 0.3) is 0 Å². The average molecular weight is 421 g/mol. The van der Waals surface area contributed by atoms with Crippen molar-refractivity contribution in [3.05, 3.63) is 58.6 Å². The molecule has 1 unspecified atom stereocenters. The van der Waals surface area contributed by atoms with Gasteiger partial charge in [0.05, 0.1) is 15.6 Å². The number of rotatable bonds is 7. The number of benzene rings is 2. The fourth-order valence-corrected chi connectivity index (χ4v) is 5.41. The summed E-state index contributed by atoms with van der Waals surface area (Å²) in [5.41, 5.74) is 2.85. The first-order valence-corrected chi connectivity index (χ1v) is 11.4. The van der Waals surface area contributed by atoms with Crippen LogP contribution in [0.15, 0.2) is 47.4 Å². The zero-order valence-corrected chi connectivity index (χ0v) is 17.7. The van der Waals surface area contributed by atoms with Crippen molar-refractivity contribution in [2.24, 2.45) is 0 Å². The highest BCUT2D eigenvalue weighted by atomic mass is 35.5. The largest absolute Gasteiger partial charge is 0.325 e. The molecule has 0 saturated carbocycles. The van der Waals surface area contributed by atoms with Gasteiger partial charge in [-0.3, -0.25) is 4.79 Å². The standard InChI is InChI=1S/C21H25ClN2O3S/c1-3-24(4-2)28(26,27)17-11-12-19(22)20(14-17)23-21(25)13-16-10-9-15-7-5-6-8-18(15)16/h5-8,11-12,14,16H,3-4,9-10,13H2,1-2H3,(H,23,25). The Labute approximate surface area is 171 Å². The van der Waals surface area contributed by atoms with Gasteiger partial charge in [0, 0.05) is 19.5 Å². The second kappa shape index (κ2) is 8.64. The van der Waals surface area contributed by atoms with Gasteiger partial charge in [-0.2, -0.15) is 4.31 Å². The van der Waals surface area contributed by atoms with Crippen LogP contribution in [0, 0.1) is 0 Å². The van der Waals surface area contributed by atoms with E-state index in [1.54, 1.807) is 13.8 Å². The van der Waals surface area contributed by atoms with Crippen LogP contribution in [0.4, 0.5) is 5.69 Å². The highest BCUT2D eigenvalue weighted by molar-refractivity contribution is 7.89. The third-order valence-corrected chi connectivity index (χ3v) is 7.62. The van der Waals surface area contributed by atoms with E-state index in [1.165, 1.54) is 33.6 Å². The molecule has 0 fully saturated rings. The quantitative estimate of drug-likeness (QED) is 0.720. The van der Waals surface area contributed by atoms with Crippen LogP contribution >= 0.6 is 11.6 Å². The molecule has 1 atom stereocenters. The number of hydrogen-bond donors (Lipinski definition) is 1. The molecule has 1 aliphatic carbocycles. The van der Waals surface area contributed by atoms with Gasteiger partial charge in [0.15, 0.2) is 0 Å². The van der Waals surface area contributed by atoms with E-state index >= 15 is 0 Å². The lowest BCUT2D eigenvalue weighted by atomic mass is 9.97. The second-order valence-corrected chi connectivity index (χ2v) is 9.26. The minimum atomic E-state index is -3.62. The first-order valence-electron chi connectivity index (χ1n) is 9.54. The smallest absolute Gasteiger partial charge is 0.243 e. The fraction of sp³-hybridized carbons (Fsp3) is 0.381. The van der Waals surface area contributed by atoms with E-state index in [0.717, 1.165) is 12.8 Å². The topological polar surface area (TPSA) is 66.5 Å². The van der Waals surface area contributed by atoms with Gasteiger partial charge in [-0.1, -0.05) is 49.7 Å². The first-order chi connectivity index (χ1) is 13.4. The Balaban J connectivity index is 1.77. The molecular formula is C21H25ClN2O3S. The van der Waals surface area contributed by atoms with E-state index in [-0.39, 0.29) is 16.7 Å². The van der Waals surface area contributed by atoms with E-state index in [9.17, 15) is 13.2 Å². The SMILES string of the molecule is CCN(CC)S(=O)(=O)c1ccc(Cl)c(NC(=O)CC2CCc3ccccc32)c1. The molecular weight excluding hydrogens is 396 g/mol. The Morgan fingerprint density at radius 2 is 1.89 bits per heavy atom. The van der Waals surface area contributed by atoms with Gasteiger partial charge in [-0.15, -0.1) is 0 Å². The average Bonchev–Trinajstić information content (AvgIpc) is 3.07. The van der Waals surface area contributed by atoms with Crippen molar-refractivity contribution >= 4 is 33.2 Å². The molecule has 0 aliphatic heterocycles. The predicted octanol–water partition coefficient (Wildman–Crippen LogP) is 4.43. The highest BCUT2D eigenvalue weighted by Gasteiger charge is 2.26. The molecule has 1 amide bonds. The van der Waals surface area contributed by atoms with Crippen molar-refractivity contribution in [3.63, 3.8) is 0 Å². The number of amides is 1. The lowest BCUT2D eigenvalue weighted by molar-refractivity contribution is -0.116. The second-order valence-electron chi connectivity index (χ2n) is 6.92.